The molecule has 2 amide bonds. The maximum absolute atomic E-state index is 12.6. The first-order chi connectivity index (χ1) is 16.7. The lowest BCUT2D eigenvalue weighted by Gasteiger charge is -2.15. The molecule has 1 heterocycles. The molecule has 2 aromatic rings. The summed E-state index contributed by atoms with van der Waals surface area (Å²) >= 11 is 7.15. The van der Waals surface area contributed by atoms with Gasteiger partial charge in [0.05, 0.1) is 28.7 Å². The summed E-state index contributed by atoms with van der Waals surface area (Å²) in [5, 5.41) is 8.78. The molecular weight excluding hydrogens is 498 g/mol. The second kappa shape index (κ2) is 11.8. The number of halogens is 1. The number of nitrogens with zero attached hydrogens (tertiary/aromatic N) is 1. The molecule has 1 aliphatic rings. The molecule has 0 bridgehead atoms. The molecule has 184 valence electrons. The van der Waals surface area contributed by atoms with Crippen LogP contribution in [-0.4, -0.2) is 52.8 Å². The molecule has 0 aromatic heterocycles. The number of benzene rings is 2. The van der Waals surface area contributed by atoms with Crippen molar-refractivity contribution < 1.29 is 38.5 Å². The van der Waals surface area contributed by atoms with E-state index in [9.17, 15) is 19.2 Å². The third-order valence-corrected chi connectivity index (χ3v) is 5.84. The Morgan fingerprint density at radius 3 is 2.57 bits per heavy atom. The van der Waals surface area contributed by atoms with Gasteiger partial charge in [-0.15, -0.1) is 0 Å². The van der Waals surface area contributed by atoms with Gasteiger partial charge in [0.1, 0.15) is 13.2 Å². The van der Waals surface area contributed by atoms with Gasteiger partial charge >= 0.3 is 11.9 Å². The van der Waals surface area contributed by atoms with E-state index >= 15 is 0 Å². The van der Waals surface area contributed by atoms with Crippen LogP contribution in [0.25, 0.3) is 6.08 Å². The number of carbonyl (C=O) groups is 4. The van der Waals surface area contributed by atoms with Crippen LogP contribution in [0.2, 0.25) is 5.02 Å². The zero-order valence-electron chi connectivity index (χ0n) is 18.9. The third kappa shape index (κ3) is 6.55. The van der Waals surface area contributed by atoms with Crippen molar-refractivity contribution >= 4 is 52.5 Å². The fraction of sp³-hybridized carbons (Fsp3) is 0.250. The van der Waals surface area contributed by atoms with Gasteiger partial charge in [0, 0.05) is 0 Å². The molecule has 0 saturated carbocycles. The van der Waals surface area contributed by atoms with Crippen LogP contribution in [0.4, 0.5) is 4.79 Å². The summed E-state index contributed by atoms with van der Waals surface area (Å²) in [7, 11) is 0. The van der Waals surface area contributed by atoms with E-state index in [1.165, 1.54) is 18.2 Å². The Balaban J connectivity index is 1.82. The van der Waals surface area contributed by atoms with Gasteiger partial charge in [-0.05, 0) is 67.1 Å². The van der Waals surface area contributed by atoms with E-state index in [4.69, 9.17) is 30.9 Å². The topological polar surface area (TPSA) is 119 Å². The van der Waals surface area contributed by atoms with Crippen molar-refractivity contribution in [3.05, 3.63) is 63.0 Å². The number of esters is 1. The van der Waals surface area contributed by atoms with Gasteiger partial charge in [-0.2, -0.15) is 0 Å². The molecule has 0 unspecified atom stereocenters. The van der Waals surface area contributed by atoms with E-state index in [2.05, 4.69) is 0 Å². The van der Waals surface area contributed by atoms with Crippen molar-refractivity contribution in [2.75, 3.05) is 19.8 Å². The Kier molecular flexibility index (Phi) is 8.78. The number of imide groups is 1. The fourth-order valence-corrected chi connectivity index (χ4v) is 4.26. The van der Waals surface area contributed by atoms with Gasteiger partial charge in [0.2, 0.25) is 0 Å². The summed E-state index contributed by atoms with van der Waals surface area (Å²) in [4.78, 5) is 48.7. The molecule has 1 N–H and O–H groups in total. The van der Waals surface area contributed by atoms with Crippen LogP contribution in [0.3, 0.4) is 0 Å². The molecule has 0 radical (unpaired) electrons. The van der Waals surface area contributed by atoms with Crippen molar-refractivity contribution in [3.63, 3.8) is 0 Å². The minimum Gasteiger partial charge on any atom is -0.490 e. The molecule has 0 atom stereocenters. The number of hydrogen-bond acceptors (Lipinski definition) is 8. The third-order valence-electron chi connectivity index (χ3n) is 4.65. The van der Waals surface area contributed by atoms with Crippen molar-refractivity contribution in [3.8, 4) is 11.5 Å². The van der Waals surface area contributed by atoms with Gasteiger partial charge < -0.3 is 19.3 Å². The lowest BCUT2D eigenvalue weighted by atomic mass is 10.1. The second-order valence-corrected chi connectivity index (χ2v) is 8.53. The predicted octanol–water partition coefficient (Wildman–Crippen LogP) is 4.62. The molecule has 35 heavy (non-hydrogen) atoms. The van der Waals surface area contributed by atoms with Crippen molar-refractivity contribution in [1.82, 2.24) is 4.90 Å². The van der Waals surface area contributed by atoms with Crippen molar-refractivity contribution in [2.45, 2.75) is 20.5 Å². The molecule has 1 aliphatic heterocycles. The SMILES string of the molecule is CCOC(=O)CN1C(=O)S/C(=C/c2cc(Cl)c(OCc3cccc(C(=O)O)c3)c(OCC)c2)C1=O. The summed E-state index contributed by atoms with van der Waals surface area (Å²) in [5.41, 5.74) is 1.25. The molecule has 1 saturated heterocycles. The summed E-state index contributed by atoms with van der Waals surface area (Å²) < 4.78 is 16.3. The van der Waals surface area contributed by atoms with E-state index < -0.39 is 29.6 Å². The quantitative estimate of drug-likeness (QED) is 0.354. The number of hydrogen-bond donors (Lipinski definition) is 1. The average molecular weight is 520 g/mol. The van der Waals surface area contributed by atoms with E-state index in [0.717, 1.165) is 4.90 Å². The van der Waals surface area contributed by atoms with Crippen molar-refractivity contribution in [2.24, 2.45) is 0 Å². The number of thioether (sulfide) groups is 1. The van der Waals surface area contributed by atoms with E-state index in [-0.39, 0.29) is 34.5 Å². The van der Waals surface area contributed by atoms with Crippen LogP contribution in [0.1, 0.15) is 35.3 Å². The molecule has 0 spiro atoms. The molecular formula is C24H22ClNO8S. The smallest absolute Gasteiger partial charge is 0.335 e. The number of carboxylic acids is 1. The standard InChI is InChI=1S/C24H22ClNO8S/c1-3-32-18-10-15(11-19-22(28)26(24(31)35-19)12-20(27)33-4-2)9-17(25)21(18)34-13-14-6-5-7-16(8-14)23(29)30/h5-11H,3-4,12-13H2,1-2H3,(H,29,30)/b19-11+. The van der Waals surface area contributed by atoms with Crippen molar-refractivity contribution in [1.29, 1.82) is 0 Å². The Bertz CT molecular complexity index is 1200. The first kappa shape index (κ1) is 26.1. The minimum atomic E-state index is -1.05. The van der Waals surface area contributed by atoms with Crippen LogP contribution in [0.15, 0.2) is 41.3 Å². The summed E-state index contributed by atoms with van der Waals surface area (Å²) in [6.07, 6.45) is 1.48. The van der Waals surface area contributed by atoms with E-state index in [0.29, 0.717) is 35.2 Å². The molecule has 0 aliphatic carbocycles. The largest absolute Gasteiger partial charge is 0.490 e. The molecule has 9 nitrogen and oxygen atoms in total. The Morgan fingerprint density at radius 2 is 1.89 bits per heavy atom. The maximum Gasteiger partial charge on any atom is 0.335 e. The number of carboxylic acid groups (broad SMARTS) is 1. The monoisotopic (exact) mass is 519 g/mol. The first-order valence-corrected chi connectivity index (χ1v) is 11.7. The van der Waals surface area contributed by atoms with Gasteiger partial charge in [-0.1, -0.05) is 23.7 Å². The zero-order chi connectivity index (χ0) is 25.5. The highest BCUT2D eigenvalue weighted by Crippen LogP contribution is 2.39. The highest BCUT2D eigenvalue weighted by molar-refractivity contribution is 8.18. The van der Waals surface area contributed by atoms with E-state index in [1.54, 1.807) is 38.1 Å². The van der Waals surface area contributed by atoms with Crippen LogP contribution >= 0.6 is 23.4 Å². The lowest BCUT2D eigenvalue weighted by Crippen LogP contribution is -2.34. The zero-order valence-corrected chi connectivity index (χ0v) is 20.5. The molecule has 3 rings (SSSR count). The number of carbonyl (C=O) groups excluding carboxylic acids is 3. The Labute approximate surface area is 210 Å². The van der Waals surface area contributed by atoms with Gasteiger partial charge in [-0.25, -0.2) is 4.79 Å². The molecule has 1 fully saturated rings. The fourth-order valence-electron chi connectivity index (χ4n) is 3.15. The minimum absolute atomic E-state index is 0.0486. The second-order valence-electron chi connectivity index (χ2n) is 7.13. The summed E-state index contributed by atoms with van der Waals surface area (Å²) in [6.45, 7) is 3.45. The molecule has 2 aromatic carbocycles. The van der Waals surface area contributed by atoms with Crippen LogP contribution in [0, 0.1) is 0 Å². The Hall–Kier alpha value is -3.50. The average Bonchev–Trinajstić information content (AvgIpc) is 3.06. The van der Waals surface area contributed by atoms with Crippen LogP contribution < -0.4 is 9.47 Å². The summed E-state index contributed by atoms with van der Waals surface area (Å²) in [6, 6.07) is 9.47. The lowest BCUT2D eigenvalue weighted by molar-refractivity contribution is -0.145. The summed E-state index contributed by atoms with van der Waals surface area (Å²) in [5.74, 6) is -1.77. The predicted molar refractivity (Wildman–Crippen MR) is 130 cm³/mol. The number of ether oxygens (including phenoxy) is 3. The van der Waals surface area contributed by atoms with E-state index in [1.807, 2.05) is 0 Å². The highest BCUT2D eigenvalue weighted by atomic mass is 35.5. The Morgan fingerprint density at radius 1 is 1.11 bits per heavy atom. The first-order valence-electron chi connectivity index (χ1n) is 10.6. The van der Waals surface area contributed by atoms with Crippen LogP contribution in [0.5, 0.6) is 11.5 Å². The normalized spacial score (nSPS) is 14.4. The van der Waals surface area contributed by atoms with Gasteiger partial charge in [-0.3, -0.25) is 19.3 Å². The number of rotatable bonds is 10. The van der Waals surface area contributed by atoms with Gasteiger partial charge in [0.25, 0.3) is 11.1 Å². The number of aromatic carboxylic acids is 1. The number of amides is 2. The molecule has 11 heteroatoms. The van der Waals surface area contributed by atoms with Crippen LogP contribution in [-0.2, 0) is 20.9 Å². The van der Waals surface area contributed by atoms with Gasteiger partial charge in [0.15, 0.2) is 11.5 Å². The maximum atomic E-state index is 12.6. The highest BCUT2D eigenvalue weighted by Gasteiger charge is 2.36.